The highest BCUT2D eigenvalue weighted by Gasteiger charge is 2.29. The van der Waals surface area contributed by atoms with Crippen molar-refractivity contribution in [2.45, 2.75) is 77.1 Å². The fraction of sp³-hybridized carbons (Fsp3) is 0.400. The van der Waals surface area contributed by atoms with E-state index in [1.54, 1.807) is 43.5 Å². The van der Waals surface area contributed by atoms with Crippen molar-refractivity contribution in [2.75, 3.05) is 18.0 Å². The number of nitrogens with one attached hydrogen (secondary N) is 1. The van der Waals surface area contributed by atoms with E-state index in [1.807, 2.05) is 24.8 Å². The summed E-state index contributed by atoms with van der Waals surface area (Å²) in [4.78, 5) is 60.4. The number of carbonyl (C=O) groups excluding carboxylic acids is 2. The minimum atomic E-state index is -4.16. The van der Waals surface area contributed by atoms with Crippen LogP contribution >= 0.6 is 0 Å². The van der Waals surface area contributed by atoms with Gasteiger partial charge in [0.1, 0.15) is 16.2 Å². The van der Waals surface area contributed by atoms with E-state index in [0.29, 0.717) is 19.0 Å². The molecule has 4 aromatic rings. The van der Waals surface area contributed by atoms with Gasteiger partial charge in [-0.05, 0) is 71.7 Å². The zero-order valence-corrected chi connectivity index (χ0v) is 29.8. The van der Waals surface area contributed by atoms with Gasteiger partial charge in [0.05, 0.1) is 6.54 Å². The minimum Gasteiger partial charge on any atom is -0.444 e. The van der Waals surface area contributed by atoms with Crippen LogP contribution in [0.3, 0.4) is 0 Å². The second-order valence-electron chi connectivity index (χ2n) is 13.4. The highest BCUT2D eigenvalue weighted by molar-refractivity contribution is 7.87. The maximum absolute atomic E-state index is 14.1. The molecule has 50 heavy (non-hydrogen) atoms. The zero-order valence-electron chi connectivity index (χ0n) is 29.0. The normalized spacial score (nSPS) is 15.1. The van der Waals surface area contributed by atoms with Crippen molar-refractivity contribution >= 4 is 39.1 Å². The van der Waals surface area contributed by atoms with Crippen LogP contribution in [0.25, 0.3) is 11.2 Å². The number of amides is 1. The molecule has 266 valence electrons. The number of nitrogens with zero attached hydrogens (tertiary/aromatic N) is 5. The van der Waals surface area contributed by atoms with Gasteiger partial charge in [0.2, 0.25) is 5.95 Å². The van der Waals surface area contributed by atoms with Gasteiger partial charge >= 0.3 is 21.9 Å². The first-order valence-electron chi connectivity index (χ1n) is 16.2. The zero-order chi connectivity index (χ0) is 36.4. The molecule has 15 heteroatoms. The van der Waals surface area contributed by atoms with Gasteiger partial charge in [-0.15, -0.1) is 0 Å². The van der Waals surface area contributed by atoms with Gasteiger partial charge in [-0.2, -0.15) is 13.4 Å². The van der Waals surface area contributed by atoms with E-state index < -0.39 is 45.4 Å². The van der Waals surface area contributed by atoms with Gasteiger partial charge in [0.25, 0.3) is 5.56 Å². The third kappa shape index (κ3) is 8.16. The van der Waals surface area contributed by atoms with Gasteiger partial charge in [0, 0.05) is 38.3 Å². The van der Waals surface area contributed by atoms with Crippen LogP contribution in [0, 0.1) is 0 Å². The SMILES string of the molecule is CC(C)=CCn1c(N2CCCC(NC(=O)OC(C)(C)C)C2)nc2c1c(=O)n(CC(=O)c1cccc(OS(=O)(=O)c3ccccc3)c1)c(=O)n2C. The molecule has 0 bridgehead atoms. The summed E-state index contributed by atoms with van der Waals surface area (Å²) in [6.07, 6.45) is 2.87. The van der Waals surface area contributed by atoms with Crippen molar-refractivity contribution in [1.29, 1.82) is 0 Å². The molecule has 1 amide bonds. The number of anilines is 1. The Kier molecular flexibility index (Phi) is 10.4. The molecule has 0 radical (unpaired) electrons. The number of hydrogen-bond donors (Lipinski definition) is 1. The predicted octanol–water partition coefficient (Wildman–Crippen LogP) is 4.01. The number of aryl methyl sites for hydroxylation is 1. The van der Waals surface area contributed by atoms with Crippen LogP contribution in [0.1, 0.15) is 57.8 Å². The average Bonchev–Trinajstić information content (AvgIpc) is 3.44. The van der Waals surface area contributed by atoms with Crippen LogP contribution in [0.4, 0.5) is 10.7 Å². The van der Waals surface area contributed by atoms with Crippen molar-refractivity contribution in [1.82, 2.24) is 24.0 Å². The Bertz CT molecular complexity index is 2170. The summed E-state index contributed by atoms with van der Waals surface area (Å²) in [5, 5.41) is 2.93. The predicted molar refractivity (Wildman–Crippen MR) is 188 cm³/mol. The van der Waals surface area contributed by atoms with E-state index in [4.69, 9.17) is 13.9 Å². The number of aromatic nitrogens is 4. The number of alkyl carbamates (subject to hydrolysis) is 1. The van der Waals surface area contributed by atoms with E-state index in [1.165, 1.54) is 48.0 Å². The lowest BCUT2D eigenvalue weighted by atomic mass is 10.1. The number of Topliss-reactive ketones (excluding diaryl/α,β-unsaturated/α-hetero) is 1. The first-order valence-corrected chi connectivity index (χ1v) is 17.7. The molecule has 14 nitrogen and oxygen atoms in total. The lowest BCUT2D eigenvalue weighted by molar-refractivity contribution is 0.0499. The van der Waals surface area contributed by atoms with Gasteiger partial charge in [-0.25, -0.2) is 9.59 Å². The number of piperidine rings is 1. The Hall–Kier alpha value is -5.18. The lowest BCUT2D eigenvalue weighted by Gasteiger charge is -2.34. The first-order chi connectivity index (χ1) is 23.5. The Morgan fingerprint density at radius 1 is 1.04 bits per heavy atom. The number of fused-ring (bicyclic) bond motifs is 1. The summed E-state index contributed by atoms with van der Waals surface area (Å²) in [6, 6.07) is 12.9. The third-order valence-electron chi connectivity index (χ3n) is 8.02. The minimum absolute atomic E-state index is 0.0513. The van der Waals surface area contributed by atoms with Crippen molar-refractivity contribution < 1.29 is 26.9 Å². The third-order valence-corrected chi connectivity index (χ3v) is 9.28. The Morgan fingerprint density at radius 3 is 2.44 bits per heavy atom. The van der Waals surface area contributed by atoms with Gasteiger partial charge in [-0.3, -0.25) is 18.7 Å². The summed E-state index contributed by atoms with van der Waals surface area (Å²) in [5.74, 6) is -0.247. The molecule has 1 saturated heterocycles. The highest BCUT2D eigenvalue weighted by atomic mass is 32.2. The standard InChI is InChI=1S/C35H42N6O8S/c1-23(2)17-19-40-29-30(37-32(40)39-18-11-13-25(21-39)36-33(44)48-35(3,4)5)38(6)34(45)41(31(29)43)22-28(42)24-12-10-14-26(20-24)49-50(46,47)27-15-8-7-9-16-27/h7-10,12,14-17,20,25H,11,13,18-19,21-22H2,1-6H3,(H,36,44). The molecule has 1 atom stereocenters. The molecule has 0 saturated carbocycles. The van der Waals surface area contributed by atoms with Crippen LogP contribution in [0.2, 0.25) is 0 Å². The average molecular weight is 707 g/mol. The smallest absolute Gasteiger partial charge is 0.407 e. The van der Waals surface area contributed by atoms with Gasteiger partial charge < -0.3 is 23.7 Å². The van der Waals surface area contributed by atoms with E-state index >= 15 is 0 Å². The fourth-order valence-corrected chi connectivity index (χ4v) is 6.60. The molecule has 0 aliphatic carbocycles. The molecule has 3 heterocycles. The summed E-state index contributed by atoms with van der Waals surface area (Å²) in [6.45, 7) is 9.90. The van der Waals surface area contributed by atoms with Crippen molar-refractivity contribution in [3.8, 4) is 5.75 Å². The molecule has 2 aromatic heterocycles. The lowest BCUT2D eigenvalue weighted by Crippen LogP contribution is -2.49. The van der Waals surface area contributed by atoms with Gasteiger partial charge in [-0.1, -0.05) is 42.0 Å². The molecular formula is C35H42N6O8S. The quantitative estimate of drug-likeness (QED) is 0.145. The summed E-state index contributed by atoms with van der Waals surface area (Å²) >= 11 is 0. The molecular weight excluding hydrogens is 664 g/mol. The van der Waals surface area contributed by atoms with Crippen LogP contribution in [-0.2, 0) is 35.0 Å². The van der Waals surface area contributed by atoms with Crippen LogP contribution in [0.15, 0.2) is 80.7 Å². The van der Waals surface area contributed by atoms with Gasteiger partial charge in [0.15, 0.2) is 16.9 Å². The molecule has 1 aliphatic heterocycles. The maximum Gasteiger partial charge on any atom is 0.407 e. The molecule has 1 unspecified atom stereocenters. The fourth-order valence-electron chi connectivity index (χ4n) is 5.66. The number of benzene rings is 2. The van der Waals surface area contributed by atoms with Crippen LogP contribution in [0.5, 0.6) is 5.75 Å². The second-order valence-corrected chi connectivity index (χ2v) is 15.0. The molecule has 0 spiro atoms. The Balaban J connectivity index is 1.48. The van der Waals surface area contributed by atoms with E-state index in [0.717, 1.165) is 23.0 Å². The van der Waals surface area contributed by atoms with E-state index in [-0.39, 0.29) is 40.0 Å². The van der Waals surface area contributed by atoms with Crippen molar-refractivity contribution in [3.63, 3.8) is 0 Å². The Morgan fingerprint density at radius 2 is 1.76 bits per heavy atom. The number of hydrogen-bond acceptors (Lipinski definition) is 10. The van der Waals surface area contributed by atoms with E-state index in [2.05, 4.69) is 5.32 Å². The number of imidazole rings is 1. The maximum atomic E-state index is 14.1. The summed E-state index contributed by atoms with van der Waals surface area (Å²) in [7, 11) is -2.68. The number of carbonyl (C=O) groups is 2. The monoisotopic (exact) mass is 706 g/mol. The number of ketones is 1. The largest absolute Gasteiger partial charge is 0.444 e. The highest BCUT2D eigenvalue weighted by Crippen LogP contribution is 2.25. The van der Waals surface area contributed by atoms with Crippen molar-refractivity contribution in [3.05, 3.63) is 92.6 Å². The Labute approximate surface area is 290 Å². The molecule has 1 fully saturated rings. The molecule has 5 rings (SSSR count). The molecule has 1 N–H and O–H groups in total. The number of ether oxygens (including phenoxy) is 1. The molecule has 2 aromatic carbocycles. The topological polar surface area (TPSA) is 164 Å². The van der Waals surface area contributed by atoms with E-state index in [9.17, 15) is 27.6 Å². The summed E-state index contributed by atoms with van der Waals surface area (Å²) < 4.78 is 40.0. The molecule has 1 aliphatic rings. The van der Waals surface area contributed by atoms with Crippen LogP contribution < -0.4 is 25.6 Å². The number of rotatable bonds is 10. The number of allylic oxidation sites excluding steroid dienone is 2. The second kappa shape index (κ2) is 14.4. The first kappa shape index (κ1) is 36.1. The summed E-state index contributed by atoms with van der Waals surface area (Å²) in [5.41, 5.74) is -0.742. The van der Waals surface area contributed by atoms with Crippen molar-refractivity contribution in [2.24, 2.45) is 7.05 Å². The van der Waals surface area contributed by atoms with Crippen LogP contribution in [-0.4, -0.2) is 63.7 Å².